The summed E-state index contributed by atoms with van der Waals surface area (Å²) < 4.78 is 9.29. The van der Waals surface area contributed by atoms with Gasteiger partial charge in [-0.3, -0.25) is 0 Å². The lowest BCUT2D eigenvalue weighted by atomic mass is 10.2. The van der Waals surface area contributed by atoms with Crippen molar-refractivity contribution in [3.8, 4) is 23.7 Å². The van der Waals surface area contributed by atoms with Gasteiger partial charge in [0.05, 0.1) is 0 Å². The normalized spacial score (nSPS) is 8.70. The first-order chi connectivity index (χ1) is 9.72. The quantitative estimate of drug-likeness (QED) is 0.324. The minimum Gasteiger partial charge on any atom is -0.444 e. The Labute approximate surface area is 121 Å². The molecule has 0 spiro atoms. The molecule has 110 valence electrons. The molecule has 0 aliphatic heterocycles. The van der Waals surface area contributed by atoms with Crippen LogP contribution in [0.5, 0.6) is 0 Å². The molecule has 20 heavy (non-hydrogen) atoms. The van der Waals surface area contributed by atoms with Gasteiger partial charge in [-0.1, -0.05) is 50.4 Å². The highest BCUT2D eigenvalue weighted by molar-refractivity contribution is 6.29. The lowest BCUT2D eigenvalue weighted by molar-refractivity contribution is -0.165. The largest absolute Gasteiger partial charge is 0.444 e. The average Bonchev–Trinajstić information content (AvgIpc) is 2.45. The minimum absolute atomic E-state index is 0.0835. The van der Waals surface area contributed by atoms with Crippen molar-refractivity contribution in [3.63, 3.8) is 0 Å². The molecule has 0 heterocycles. The van der Waals surface area contributed by atoms with E-state index < -0.39 is 11.9 Å². The van der Waals surface area contributed by atoms with Crippen molar-refractivity contribution < 1.29 is 19.1 Å². The van der Waals surface area contributed by atoms with Gasteiger partial charge < -0.3 is 9.47 Å². The van der Waals surface area contributed by atoms with Crippen LogP contribution in [0.1, 0.15) is 52.4 Å². The van der Waals surface area contributed by atoms with Crippen molar-refractivity contribution in [3.05, 3.63) is 0 Å². The number of ether oxygens (including phenoxy) is 2. The van der Waals surface area contributed by atoms with E-state index in [0.717, 1.165) is 38.5 Å². The first-order valence-corrected chi connectivity index (χ1v) is 6.97. The molecule has 0 aromatic carbocycles. The van der Waals surface area contributed by atoms with Crippen LogP contribution in [0.3, 0.4) is 0 Å². The Balaban J connectivity index is 3.72. The smallest absolute Gasteiger partial charge is 0.418 e. The summed E-state index contributed by atoms with van der Waals surface area (Å²) in [5, 5.41) is 0. The molecule has 0 unspecified atom stereocenters. The Morgan fingerprint density at radius 2 is 1.15 bits per heavy atom. The molecular formula is C16H22O4. The number of unbranched alkanes of at least 4 members (excludes halogenated alkanes) is 4. The summed E-state index contributed by atoms with van der Waals surface area (Å²) in [4.78, 5) is 22.4. The topological polar surface area (TPSA) is 52.6 Å². The van der Waals surface area contributed by atoms with E-state index in [1.807, 2.05) is 0 Å². The van der Waals surface area contributed by atoms with E-state index in [-0.39, 0.29) is 13.2 Å². The van der Waals surface area contributed by atoms with Crippen LogP contribution in [0.15, 0.2) is 0 Å². The van der Waals surface area contributed by atoms with Gasteiger partial charge in [0.15, 0.2) is 13.2 Å². The van der Waals surface area contributed by atoms with Crippen molar-refractivity contribution >= 4 is 11.9 Å². The molecule has 4 nitrogen and oxygen atoms in total. The van der Waals surface area contributed by atoms with Crippen LogP contribution in [0.25, 0.3) is 0 Å². The Morgan fingerprint density at radius 3 is 1.50 bits per heavy atom. The SMILES string of the molecule is CCCCC#CCOC(=O)C(=O)OCC#CCCCC. The van der Waals surface area contributed by atoms with E-state index in [9.17, 15) is 9.59 Å². The molecule has 0 amide bonds. The molecule has 0 saturated heterocycles. The third-order valence-electron chi connectivity index (χ3n) is 2.28. The number of carbonyl (C=O) groups excluding carboxylic acids is 2. The van der Waals surface area contributed by atoms with Crippen molar-refractivity contribution in [1.82, 2.24) is 0 Å². The van der Waals surface area contributed by atoms with Gasteiger partial charge in [-0.25, -0.2) is 9.59 Å². The Hall–Kier alpha value is -1.94. The van der Waals surface area contributed by atoms with Crippen LogP contribution in [0, 0.1) is 23.7 Å². The number of esters is 2. The molecule has 0 rings (SSSR count). The van der Waals surface area contributed by atoms with Crippen LogP contribution < -0.4 is 0 Å². The lowest BCUT2D eigenvalue weighted by Gasteiger charge is -1.99. The molecule has 4 heteroatoms. The van der Waals surface area contributed by atoms with Crippen LogP contribution >= 0.6 is 0 Å². The predicted molar refractivity (Wildman–Crippen MR) is 76.5 cm³/mol. The summed E-state index contributed by atoms with van der Waals surface area (Å²) in [6.07, 6.45) is 5.71. The highest BCUT2D eigenvalue weighted by atomic mass is 16.6. The second kappa shape index (κ2) is 13.5. The number of hydrogen-bond donors (Lipinski definition) is 0. The summed E-state index contributed by atoms with van der Waals surface area (Å²) in [7, 11) is 0. The second-order valence-electron chi connectivity index (χ2n) is 4.07. The summed E-state index contributed by atoms with van der Waals surface area (Å²) >= 11 is 0. The molecule has 0 fully saturated rings. The molecule has 0 saturated carbocycles. The summed E-state index contributed by atoms with van der Waals surface area (Å²) in [5.74, 6) is 8.99. The van der Waals surface area contributed by atoms with E-state index >= 15 is 0 Å². The maximum atomic E-state index is 11.2. The molecule has 0 aliphatic carbocycles. The molecule has 0 aliphatic rings. The highest BCUT2D eigenvalue weighted by Gasteiger charge is 2.15. The first kappa shape index (κ1) is 18.1. The van der Waals surface area contributed by atoms with E-state index in [1.54, 1.807) is 0 Å². The molecule has 0 bridgehead atoms. The highest BCUT2D eigenvalue weighted by Crippen LogP contribution is 1.91. The number of rotatable bonds is 6. The minimum atomic E-state index is -1.02. The van der Waals surface area contributed by atoms with Crippen molar-refractivity contribution in [2.75, 3.05) is 13.2 Å². The zero-order valence-electron chi connectivity index (χ0n) is 12.3. The maximum Gasteiger partial charge on any atom is 0.418 e. The molecule has 0 atom stereocenters. The van der Waals surface area contributed by atoms with Crippen LogP contribution in [-0.4, -0.2) is 25.2 Å². The summed E-state index contributed by atoms with van der Waals surface area (Å²) in [6.45, 7) is 3.98. The van der Waals surface area contributed by atoms with Gasteiger partial charge in [0.25, 0.3) is 0 Å². The van der Waals surface area contributed by atoms with Crippen molar-refractivity contribution in [2.24, 2.45) is 0 Å². The fraction of sp³-hybridized carbons (Fsp3) is 0.625. The molecule has 0 N–H and O–H groups in total. The predicted octanol–water partition coefficient (Wildman–Crippen LogP) is 2.46. The van der Waals surface area contributed by atoms with Gasteiger partial charge in [-0.05, 0) is 12.8 Å². The van der Waals surface area contributed by atoms with Gasteiger partial charge in [0, 0.05) is 12.8 Å². The van der Waals surface area contributed by atoms with Gasteiger partial charge in [0.2, 0.25) is 0 Å². The van der Waals surface area contributed by atoms with Crippen molar-refractivity contribution in [1.29, 1.82) is 0 Å². The maximum absolute atomic E-state index is 11.2. The summed E-state index contributed by atoms with van der Waals surface area (Å²) in [6, 6.07) is 0. The Morgan fingerprint density at radius 1 is 0.750 bits per heavy atom. The average molecular weight is 278 g/mol. The lowest BCUT2D eigenvalue weighted by Crippen LogP contribution is -2.20. The third-order valence-corrected chi connectivity index (χ3v) is 2.28. The third kappa shape index (κ3) is 11.2. The van der Waals surface area contributed by atoms with Crippen LogP contribution in [0.2, 0.25) is 0 Å². The van der Waals surface area contributed by atoms with Crippen LogP contribution in [-0.2, 0) is 19.1 Å². The fourth-order valence-electron chi connectivity index (χ4n) is 1.13. The van der Waals surface area contributed by atoms with Gasteiger partial charge in [-0.2, -0.15) is 0 Å². The fourth-order valence-corrected chi connectivity index (χ4v) is 1.13. The molecule has 0 aromatic rings. The number of carbonyl (C=O) groups is 2. The van der Waals surface area contributed by atoms with Crippen molar-refractivity contribution in [2.45, 2.75) is 52.4 Å². The zero-order chi connectivity index (χ0) is 15.1. The van der Waals surface area contributed by atoms with E-state index in [4.69, 9.17) is 0 Å². The molecule has 0 aromatic heterocycles. The summed E-state index contributed by atoms with van der Waals surface area (Å²) in [5.41, 5.74) is 0. The standard InChI is InChI=1S/C16H22O4/c1-3-5-7-9-11-13-19-15(17)16(18)20-14-12-10-8-6-4-2/h3-8,13-14H2,1-2H3. The van der Waals surface area contributed by atoms with Gasteiger partial charge in [0.1, 0.15) is 0 Å². The molecular weight excluding hydrogens is 256 g/mol. The van der Waals surface area contributed by atoms with Gasteiger partial charge >= 0.3 is 11.9 Å². The van der Waals surface area contributed by atoms with E-state index in [2.05, 4.69) is 47.0 Å². The number of hydrogen-bond acceptors (Lipinski definition) is 4. The van der Waals surface area contributed by atoms with Crippen LogP contribution in [0.4, 0.5) is 0 Å². The van der Waals surface area contributed by atoms with E-state index in [0.29, 0.717) is 0 Å². The van der Waals surface area contributed by atoms with E-state index in [1.165, 1.54) is 0 Å². The second-order valence-corrected chi connectivity index (χ2v) is 4.07. The zero-order valence-corrected chi connectivity index (χ0v) is 12.3. The Kier molecular flexibility index (Phi) is 12.2. The monoisotopic (exact) mass is 278 g/mol. The molecule has 0 radical (unpaired) electrons. The first-order valence-electron chi connectivity index (χ1n) is 6.97. The van der Waals surface area contributed by atoms with Gasteiger partial charge in [-0.15, -0.1) is 0 Å². The Bertz CT molecular complexity index is 364.